The Kier molecular flexibility index (Phi) is 6.47. The molecule has 1 unspecified atom stereocenters. The van der Waals surface area contributed by atoms with E-state index in [0.717, 1.165) is 67.8 Å². The minimum Gasteiger partial charge on any atom is -0.497 e. The second-order valence-electron chi connectivity index (χ2n) is 6.93. The van der Waals surface area contributed by atoms with Crippen LogP contribution in [-0.2, 0) is 4.79 Å². The van der Waals surface area contributed by atoms with Crippen LogP contribution in [0.2, 0.25) is 0 Å². The fraction of sp³-hybridized carbons (Fsp3) is 0.476. The molecule has 2 N–H and O–H groups in total. The highest BCUT2D eigenvalue weighted by molar-refractivity contribution is 5.88. The molecule has 2 aromatic carbocycles. The first-order chi connectivity index (χ1) is 12.7. The van der Waals surface area contributed by atoms with Crippen LogP contribution >= 0.6 is 0 Å². The first kappa shape index (κ1) is 18.7. The van der Waals surface area contributed by atoms with Gasteiger partial charge in [0.1, 0.15) is 5.75 Å². The van der Waals surface area contributed by atoms with Gasteiger partial charge in [-0.3, -0.25) is 4.79 Å². The zero-order valence-corrected chi connectivity index (χ0v) is 15.8. The van der Waals surface area contributed by atoms with Crippen LogP contribution in [0.25, 0.3) is 10.8 Å². The number of rotatable bonds is 7. The Morgan fingerprint density at radius 1 is 1.19 bits per heavy atom. The summed E-state index contributed by atoms with van der Waals surface area (Å²) in [6, 6.07) is 12.2. The number of benzene rings is 2. The first-order valence-corrected chi connectivity index (χ1v) is 9.46. The Morgan fingerprint density at radius 2 is 1.92 bits per heavy atom. The molecule has 1 heterocycles. The van der Waals surface area contributed by atoms with Crippen LogP contribution in [0.4, 0.5) is 0 Å². The Balaban J connectivity index is 1.51. The molecule has 0 spiro atoms. The number of hydrogen-bond acceptors (Lipinski definition) is 4. The lowest BCUT2D eigenvalue weighted by atomic mass is 9.97. The summed E-state index contributed by atoms with van der Waals surface area (Å²) in [5.41, 5.74) is 1.04. The van der Waals surface area contributed by atoms with Gasteiger partial charge in [-0.25, -0.2) is 0 Å². The van der Waals surface area contributed by atoms with Crippen molar-refractivity contribution in [2.24, 2.45) is 0 Å². The SMILES string of the molecule is COc1ccc2cc(C(C)C(=O)NCCCN3CCNCC3)ccc2c1. The molecule has 0 radical (unpaired) electrons. The maximum absolute atomic E-state index is 12.5. The van der Waals surface area contributed by atoms with E-state index in [1.165, 1.54) is 0 Å². The van der Waals surface area contributed by atoms with Gasteiger partial charge in [-0.05, 0) is 48.4 Å². The lowest BCUT2D eigenvalue weighted by molar-refractivity contribution is -0.122. The zero-order valence-electron chi connectivity index (χ0n) is 15.8. The van der Waals surface area contributed by atoms with Crippen LogP contribution in [0.5, 0.6) is 5.75 Å². The van der Waals surface area contributed by atoms with Crippen molar-refractivity contribution in [3.63, 3.8) is 0 Å². The second kappa shape index (κ2) is 9.01. The van der Waals surface area contributed by atoms with Crippen molar-refractivity contribution >= 4 is 16.7 Å². The largest absolute Gasteiger partial charge is 0.497 e. The molecule has 26 heavy (non-hydrogen) atoms. The zero-order chi connectivity index (χ0) is 18.4. The van der Waals surface area contributed by atoms with Gasteiger partial charge in [-0.2, -0.15) is 0 Å². The Bertz CT molecular complexity index is 741. The van der Waals surface area contributed by atoms with Crippen molar-refractivity contribution in [1.29, 1.82) is 0 Å². The maximum Gasteiger partial charge on any atom is 0.227 e. The van der Waals surface area contributed by atoms with Gasteiger partial charge in [-0.1, -0.05) is 24.3 Å². The molecule has 140 valence electrons. The molecule has 1 saturated heterocycles. The normalized spacial score (nSPS) is 16.4. The van der Waals surface area contributed by atoms with E-state index < -0.39 is 0 Å². The molecule has 0 aromatic heterocycles. The quantitative estimate of drug-likeness (QED) is 0.749. The van der Waals surface area contributed by atoms with Crippen molar-refractivity contribution in [2.75, 3.05) is 46.4 Å². The minimum absolute atomic E-state index is 0.0955. The van der Waals surface area contributed by atoms with Crippen LogP contribution in [-0.4, -0.2) is 57.2 Å². The van der Waals surface area contributed by atoms with Gasteiger partial charge in [0.05, 0.1) is 13.0 Å². The van der Waals surface area contributed by atoms with Gasteiger partial charge in [0.25, 0.3) is 0 Å². The van der Waals surface area contributed by atoms with E-state index in [4.69, 9.17) is 4.74 Å². The van der Waals surface area contributed by atoms with Crippen molar-refractivity contribution < 1.29 is 9.53 Å². The molecule has 1 aliphatic rings. The van der Waals surface area contributed by atoms with E-state index >= 15 is 0 Å². The number of carbonyl (C=O) groups is 1. The maximum atomic E-state index is 12.5. The van der Waals surface area contributed by atoms with Gasteiger partial charge >= 0.3 is 0 Å². The molecule has 0 aliphatic carbocycles. The number of hydrogen-bond donors (Lipinski definition) is 2. The molecule has 5 nitrogen and oxygen atoms in total. The second-order valence-corrected chi connectivity index (χ2v) is 6.93. The number of amides is 1. The number of carbonyl (C=O) groups excluding carboxylic acids is 1. The molecule has 0 bridgehead atoms. The summed E-state index contributed by atoms with van der Waals surface area (Å²) in [6.45, 7) is 8.09. The number of fused-ring (bicyclic) bond motifs is 1. The molecule has 1 amide bonds. The number of methoxy groups -OCH3 is 1. The number of nitrogens with zero attached hydrogens (tertiary/aromatic N) is 1. The number of ether oxygens (including phenoxy) is 1. The summed E-state index contributed by atoms with van der Waals surface area (Å²) in [5, 5.41) is 8.69. The van der Waals surface area contributed by atoms with E-state index in [1.807, 2.05) is 31.2 Å². The van der Waals surface area contributed by atoms with Crippen LogP contribution in [0.15, 0.2) is 36.4 Å². The third-order valence-electron chi connectivity index (χ3n) is 5.12. The highest BCUT2D eigenvalue weighted by atomic mass is 16.5. The average molecular weight is 355 g/mol. The number of nitrogens with one attached hydrogen (secondary N) is 2. The van der Waals surface area contributed by atoms with Gasteiger partial charge in [0.15, 0.2) is 0 Å². The summed E-state index contributed by atoms with van der Waals surface area (Å²) in [6.07, 6.45) is 0.996. The molecule has 2 aromatic rings. The van der Waals surface area contributed by atoms with Gasteiger partial charge in [0, 0.05) is 32.7 Å². The van der Waals surface area contributed by atoms with Crippen LogP contribution in [0.3, 0.4) is 0 Å². The fourth-order valence-corrected chi connectivity index (χ4v) is 3.39. The summed E-state index contributed by atoms with van der Waals surface area (Å²) in [5.74, 6) is 0.791. The Morgan fingerprint density at radius 3 is 2.69 bits per heavy atom. The fourth-order valence-electron chi connectivity index (χ4n) is 3.39. The topological polar surface area (TPSA) is 53.6 Å². The standard InChI is InChI=1S/C21H29N3O2/c1-16(21(25)23-8-3-11-24-12-9-22-10-13-24)17-4-5-19-15-20(26-2)7-6-18(19)14-17/h4-7,14-16,22H,3,8-13H2,1-2H3,(H,23,25). The molecular weight excluding hydrogens is 326 g/mol. The summed E-state index contributed by atoms with van der Waals surface area (Å²) in [7, 11) is 1.67. The third-order valence-corrected chi connectivity index (χ3v) is 5.12. The van der Waals surface area contributed by atoms with Gasteiger partial charge in [-0.15, -0.1) is 0 Å². The lowest BCUT2D eigenvalue weighted by Gasteiger charge is -2.27. The predicted octanol–water partition coefficient (Wildman–Crippen LogP) is 2.36. The van der Waals surface area contributed by atoms with Crippen LogP contribution < -0.4 is 15.4 Å². The molecule has 1 fully saturated rings. The first-order valence-electron chi connectivity index (χ1n) is 9.46. The monoisotopic (exact) mass is 355 g/mol. The summed E-state index contributed by atoms with van der Waals surface area (Å²) < 4.78 is 5.27. The van der Waals surface area contributed by atoms with Crippen molar-refractivity contribution in [1.82, 2.24) is 15.5 Å². The molecule has 5 heteroatoms. The van der Waals surface area contributed by atoms with E-state index in [0.29, 0.717) is 0 Å². The van der Waals surface area contributed by atoms with E-state index in [1.54, 1.807) is 7.11 Å². The van der Waals surface area contributed by atoms with Crippen molar-refractivity contribution in [2.45, 2.75) is 19.3 Å². The Labute approximate surface area is 155 Å². The van der Waals surface area contributed by atoms with Crippen molar-refractivity contribution in [3.05, 3.63) is 42.0 Å². The van der Waals surface area contributed by atoms with Crippen LogP contribution in [0.1, 0.15) is 24.8 Å². The highest BCUT2D eigenvalue weighted by Crippen LogP contribution is 2.25. The van der Waals surface area contributed by atoms with E-state index in [-0.39, 0.29) is 11.8 Å². The summed E-state index contributed by atoms with van der Waals surface area (Å²) in [4.78, 5) is 14.9. The van der Waals surface area contributed by atoms with E-state index in [9.17, 15) is 4.79 Å². The van der Waals surface area contributed by atoms with Gasteiger partial charge < -0.3 is 20.3 Å². The highest BCUT2D eigenvalue weighted by Gasteiger charge is 2.15. The van der Waals surface area contributed by atoms with Crippen LogP contribution in [0, 0.1) is 0 Å². The third kappa shape index (κ3) is 4.74. The van der Waals surface area contributed by atoms with Crippen molar-refractivity contribution in [3.8, 4) is 5.75 Å². The number of piperazine rings is 1. The average Bonchev–Trinajstić information content (AvgIpc) is 2.70. The Hall–Kier alpha value is -2.11. The molecule has 1 aliphatic heterocycles. The van der Waals surface area contributed by atoms with Gasteiger partial charge in [0.2, 0.25) is 5.91 Å². The molecule has 1 atom stereocenters. The molecular formula is C21H29N3O2. The lowest BCUT2D eigenvalue weighted by Crippen LogP contribution is -2.44. The predicted molar refractivity (Wildman–Crippen MR) is 106 cm³/mol. The van der Waals surface area contributed by atoms with E-state index in [2.05, 4.69) is 27.7 Å². The molecule has 3 rings (SSSR count). The summed E-state index contributed by atoms with van der Waals surface area (Å²) >= 11 is 0. The smallest absolute Gasteiger partial charge is 0.227 e. The minimum atomic E-state index is -0.152. The molecule has 0 saturated carbocycles.